The Kier molecular flexibility index (Phi) is 4.44. The third kappa shape index (κ3) is 3.36. The summed E-state index contributed by atoms with van der Waals surface area (Å²) in [6, 6.07) is 14.8. The van der Waals surface area contributed by atoms with E-state index in [2.05, 4.69) is 21.2 Å². The Labute approximate surface area is 148 Å². The molecule has 1 amide bonds. The Morgan fingerprint density at radius 1 is 1.08 bits per heavy atom. The maximum atomic E-state index is 12.4. The van der Waals surface area contributed by atoms with Crippen LogP contribution in [-0.2, 0) is 0 Å². The molecule has 0 unspecified atom stereocenters. The molecular weight excluding hydrogens is 368 g/mol. The van der Waals surface area contributed by atoms with Crippen molar-refractivity contribution in [3.8, 4) is 11.3 Å². The van der Waals surface area contributed by atoms with Gasteiger partial charge >= 0.3 is 0 Å². The summed E-state index contributed by atoms with van der Waals surface area (Å²) in [6.45, 7) is 3.91. The molecule has 3 aromatic rings. The van der Waals surface area contributed by atoms with Crippen LogP contribution < -0.4 is 11.1 Å². The van der Waals surface area contributed by atoms with E-state index in [0.717, 1.165) is 21.2 Å². The van der Waals surface area contributed by atoms with Gasteiger partial charge in [0.05, 0.1) is 0 Å². The van der Waals surface area contributed by atoms with Crippen molar-refractivity contribution < 1.29 is 9.21 Å². The first-order valence-electron chi connectivity index (χ1n) is 7.48. The van der Waals surface area contributed by atoms with Gasteiger partial charge in [0.2, 0.25) is 0 Å². The molecule has 0 spiro atoms. The number of benzene rings is 2. The molecule has 3 N–H and O–H groups in total. The van der Waals surface area contributed by atoms with Gasteiger partial charge in [-0.25, -0.2) is 0 Å². The van der Waals surface area contributed by atoms with E-state index >= 15 is 0 Å². The number of halogens is 1. The maximum Gasteiger partial charge on any atom is 0.291 e. The first kappa shape index (κ1) is 16.3. The van der Waals surface area contributed by atoms with Gasteiger partial charge in [-0.2, -0.15) is 0 Å². The van der Waals surface area contributed by atoms with Crippen LogP contribution in [0, 0.1) is 13.8 Å². The Morgan fingerprint density at radius 3 is 2.58 bits per heavy atom. The highest BCUT2D eigenvalue weighted by molar-refractivity contribution is 9.10. The normalized spacial score (nSPS) is 10.6. The Morgan fingerprint density at radius 2 is 1.88 bits per heavy atom. The van der Waals surface area contributed by atoms with Gasteiger partial charge in [-0.15, -0.1) is 0 Å². The molecule has 0 radical (unpaired) electrons. The lowest BCUT2D eigenvalue weighted by molar-refractivity contribution is 0.0997. The number of hydrogen-bond acceptors (Lipinski definition) is 3. The van der Waals surface area contributed by atoms with Crippen molar-refractivity contribution in [2.24, 2.45) is 0 Å². The molecule has 0 bridgehead atoms. The summed E-state index contributed by atoms with van der Waals surface area (Å²) < 4.78 is 6.65. The largest absolute Gasteiger partial charge is 0.451 e. The number of carbonyl (C=O) groups excluding carboxylic acids is 1. The predicted octanol–water partition coefficient (Wildman–Crippen LogP) is 5.16. The van der Waals surface area contributed by atoms with Crippen LogP contribution in [0.5, 0.6) is 0 Å². The van der Waals surface area contributed by atoms with Crippen molar-refractivity contribution in [2.45, 2.75) is 13.8 Å². The lowest BCUT2D eigenvalue weighted by atomic mass is 10.1. The van der Waals surface area contributed by atoms with Crippen molar-refractivity contribution in [1.29, 1.82) is 0 Å². The fraction of sp³-hybridized carbons (Fsp3) is 0.105. The number of nitrogens with one attached hydrogen (secondary N) is 1. The van der Waals surface area contributed by atoms with Gasteiger partial charge in [-0.3, -0.25) is 4.79 Å². The molecule has 2 aromatic carbocycles. The second-order valence-electron chi connectivity index (χ2n) is 5.68. The molecule has 0 atom stereocenters. The lowest BCUT2D eigenvalue weighted by Gasteiger charge is -2.07. The summed E-state index contributed by atoms with van der Waals surface area (Å²) in [5, 5.41) is 2.84. The number of aryl methyl sites for hydroxylation is 2. The van der Waals surface area contributed by atoms with Crippen LogP contribution in [0.4, 0.5) is 11.4 Å². The molecule has 0 aliphatic rings. The predicted molar refractivity (Wildman–Crippen MR) is 100 cm³/mol. The third-order valence-electron chi connectivity index (χ3n) is 3.72. The van der Waals surface area contributed by atoms with Crippen LogP contribution in [-0.4, -0.2) is 5.91 Å². The van der Waals surface area contributed by atoms with Gasteiger partial charge in [0.25, 0.3) is 5.91 Å². The first-order valence-corrected chi connectivity index (χ1v) is 8.27. The fourth-order valence-corrected chi connectivity index (χ4v) is 3.12. The molecule has 0 fully saturated rings. The maximum absolute atomic E-state index is 12.4. The van der Waals surface area contributed by atoms with E-state index in [1.165, 1.54) is 0 Å². The minimum Gasteiger partial charge on any atom is -0.451 e. The highest BCUT2D eigenvalue weighted by atomic mass is 79.9. The number of anilines is 2. The molecule has 122 valence electrons. The summed E-state index contributed by atoms with van der Waals surface area (Å²) >= 11 is 3.53. The molecule has 1 aromatic heterocycles. The smallest absolute Gasteiger partial charge is 0.291 e. The van der Waals surface area contributed by atoms with E-state index in [1.54, 1.807) is 24.3 Å². The van der Waals surface area contributed by atoms with Crippen molar-refractivity contribution in [1.82, 2.24) is 0 Å². The fourth-order valence-electron chi connectivity index (χ4n) is 2.44. The molecule has 24 heavy (non-hydrogen) atoms. The first-order chi connectivity index (χ1) is 11.4. The summed E-state index contributed by atoms with van der Waals surface area (Å²) in [7, 11) is 0. The zero-order valence-electron chi connectivity index (χ0n) is 13.4. The number of furan rings is 1. The Hall–Kier alpha value is -2.53. The summed E-state index contributed by atoms with van der Waals surface area (Å²) in [5.74, 6) is 0.604. The highest BCUT2D eigenvalue weighted by Crippen LogP contribution is 2.30. The van der Waals surface area contributed by atoms with Crippen molar-refractivity contribution >= 4 is 33.2 Å². The van der Waals surface area contributed by atoms with Gasteiger partial charge in [0.15, 0.2) is 5.76 Å². The summed E-state index contributed by atoms with van der Waals surface area (Å²) in [4.78, 5) is 12.4. The molecule has 0 saturated carbocycles. The quantitative estimate of drug-likeness (QED) is 0.612. The van der Waals surface area contributed by atoms with Crippen LogP contribution in [0.25, 0.3) is 11.3 Å². The van der Waals surface area contributed by atoms with E-state index in [1.807, 2.05) is 38.1 Å². The van der Waals surface area contributed by atoms with Gasteiger partial charge in [-0.05, 0) is 67.4 Å². The SMILES string of the molecule is Cc1ccc(-c2ccc(C(=O)Nc3ccc(N)cc3C)o2)c(Br)c1. The average molecular weight is 385 g/mol. The number of nitrogen functional groups attached to an aromatic ring is 1. The monoisotopic (exact) mass is 384 g/mol. The van der Waals surface area contributed by atoms with Crippen LogP contribution in [0.3, 0.4) is 0 Å². The summed E-state index contributed by atoms with van der Waals surface area (Å²) in [6.07, 6.45) is 0. The number of amides is 1. The number of hydrogen-bond donors (Lipinski definition) is 2. The Balaban J connectivity index is 1.83. The standard InChI is InChI=1S/C19H17BrN2O2/c1-11-3-5-14(15(20)9-11)17-7-8-18(24-17)19(23)22-16-6-4-13(21)10-12(16)2/h3-10H,21H2,1-2H3,(H,22,23). The number of carbonyl (C=O) groups is 1. The van der Waals surface area contributed by atoms with Crippen LogP contribution in [0.1, 0.15) is 21.7 Å². The number of rotatable bonds is 3. The molecule has 0 aliphatic carbocycles. The second kappa shape index (κ2) is 6.53. The van der Waals surface area contributed by atoms with Crippen LogP contribution in [0.2, 0.25) is 0 Å². The van der Waals surface area contributed by atoms with Gasteiger partial charge < -0.3 is 15.5 Å². The molecule has 0 saturated heterocycles. The molecule has 3 rings (SSSR count). The van der Waals surface area contributed by atoms with E-state index in [0.29, 0.717) is 17.1 Å². The van der Waals surface area contributed by atoms with Crippen LogP contribution in [0.15, 0.2) is 57.4 Å². The Bertz CT molecular complexity index is 915. The topological polar surface area (TPSA) is 68.3 Å². The van der Waals surface area contributed by atoms with Crippen molar-refractivity contribution in [3.05, 3.63) is 69.9 Å². The zero-order chi connectivity index (χ0) is 17.3. The zero-order valence-corrected chi connectivity index (χ0v) is 15.0. The molecule has 4 nitrogen and oxygen atoms in total. The molecule has 0 aliphatic heterocycles. The molecular formula is C19H17BrN2O2. The van der Waals surface area contributed by atoms with Crippen molar-refractivity contribution in [3.63, 3.8) is 0 Å². The van der Waals surface area contributed by atoms with E-state index in [4.69, 9.17) is 10.2 Å². The molecule has 5 heteroatoms. The van der Waals surface area contributed by atoms with Gasteiger partial charge in [0, 0.05) is 21.4 Å². The average Bonchev–Trinajstić information content (AvgIpc) is 3.00. The second-order valence-corrected chi connectivity index (χ2v) is 6.53. The minimum absolute atomic E-state index is 0.258. The summed E-state index contributed by atoms with van der Waals surface area (Å²) in [5.41, 5.74) is 10.1. The van der Waals surface area contributed by atoms with Crippen LogP contribution >= 0.6 is 15.9 Å². The van der Waals surface area contributed by atoms with Crippen molar-refractivity contribution in [2.75, 3.05) is 11.1 Å². The van der Waals surface area contributed by atoms with E-state index < -0.39 is 0 Å². The van der Waals surface area contributed by atoms with E-state index in [-0.39, 0.29) is 11.7 Å². The minimum atomic E-state index is -0.294. The number of nitrogens with two attached hydrogens (primary N) is 1. The van der Waals surface area contributed by atoms with Gasteiger partial charge in [0.1, 0.15) is 5.76 Å². The lowest BCUT2D eigenvalue weighted by Crippen LogP contribution is -2.11. The van der Waals surface area contributed by atoms with Gasteiger partial charge in [-0.1, -0.05) is 22.0 Å². The molecule has 1 heterocycles. The van der Waals surface area contributed by atoms with E-state index in [9.17, 15) is 4.79 Å². The third-order valence-corrected chi connectivity index (χ3v) is 4.37. The highest BCUT2D eigenvalue weighted by Gasteiger charge is 2.15.